The van der Waals surface area contributed by atoms with Gasteiger partial charge in [0.15, 0.2) is 0 Å². The molecule has 1 aliphatic heterocycles. The monoisotopic (exact) mass is 269 g/mol. The van der Waals surface area contributed by atoms with E-state index in [1.807, 2.05) is 0 Å². The second-order valence-electron chi connectivity index (χ2n) is 3.79. The Labute approximate surface area is 104 Å². The van der Waals surface area contributed by atoms with Crippen molar-refractivity contribution in [3.8, 4) is 0 Å². The fourth-order valence-electron chi connectivity index (χ4n) is 1.63. The van der Waals surface area contributed by atoms with Crippen LogP contribution in [0.2, 0.25) is 0 Å². The molecule has 3 N–H and O–H groups in total. The number of benzene rings is 1. The van der Waals surface area contributed by atoms with E-state index in [0.29, 0.717) is 5.69 Å². The summed E-state index contributed by atoms with van der Waals surface area (Å²) in [7, 11) is -3.75. The second-order valence-corrected chi connectivity index (χ2v) is 5.36. The van der Waals surface area contributed by atoms with E-state index < -0.39 is 16.1 Å². The third-order valence-corrected chi connectivity index (χ3v) is 3.46. The summed E-state index contributed by atoms with van der Waals surface area (Å²) in [5.41, 5.74) is 0.507. The number of nitrogens with zero attached hydrogens (tertiary/aromatic N) is 1. The third kappa shape index (κ3) is 2.49. The lowest BCUT2D eigenvalue weighted by Crippen LogP contribution is -2.49. The van der Waals surface area contributed by atoms with Gasteiger partial charge in [-0.3, -0.25) is 15.0 Å². The Hall–Kier alpha value is -1.93. The van der Waals surface area contributed by atoms with Gasteiger partial charge in [-0.2, -0.15) is 0 Å². The SMILES string of the molecule is NS(=O)(=O)c1ccc(N2CCC(=O)NC2=O)cc1. The molecule has 7 nitrogen and oxygen atoms in total. The molecule has 8 heteroatoms. The molecule has 1 aromatic carbocycles. The van der Waals surface area contributed by atoms with Crippen LogP contribution < -0.4 is 15.4 Å². The number of rotatable bonds is 2. The predicted octanol–water partition coefficient (Wildman–Crippen LogP) is -0.220. The normalized spacial score (nSPS) is 16.6. The van der Waals surface area contributed by atoms with Crippen LogP contribution >= 0.6 is 0 Å². The minimum absolute atomic E-state index is 0.0280. The third-order valence-electron chi connectivity index (χ3n) is 2.53. The molecule has 0 spiro atoms. The van der Waals surface area contributed by atoms with Crippen molar-refractivity contribution in [1.29, 1.82) is 0 Å². The molecule has 1 aromatic rings. The first kappa shape index (κ1) is 12.5. The van der Waals surface area contributed by atoms with Crippen molar-refractivity contribution in [3.63, 3.8) is 0 Å². The van der Waals surface area contributed by atoms with Gasteiger partial charge < -0.3 is 0 Å². The summed E-state index contributed by atoms with van der Waals surface area (Å²) < 4.78 is 22.1. The first-order chi connectivity index (χ1) is 8.38. The lowest BCUT2D eigenvalue weighted by atomic mass is 10.2. The molecule has 1 fully saturated rings. The summed E-state index contributed by atoms with van der Waals surface area (Å²) in [6.45, 7) is 0.263. The Balaban J connectivity index is 2.25. The zero-order valence-electron chi connectivity index (χ0n) is 9.29. The van der Waals surface area contributed by atoms with Gasteiger partial charge in [-0.15, -0.1) is 0 Å². The fraction of sp³-hybridized carbons (Fsp3) is 0.200. The lowest BCUT2D eigenvalue weighted by Gasteiger charge is -2.26. The van der Waals surface area contributed by atoms with Gasteiger partial charge in [0.2, 0.25) is 15.9 Å². The zero-order valence-corrected chi connectivity index (χ0v) is 10.1. The van der Waals surface area contributed by atoms with Gasteiger partial charge in [-0.05, 0) is 24.3 Å². The van der Waals surface area contributed by atoms with E-state index in [2.05, 4.69) is 5.32 Å². The summed E-state index contributed by atoms with van der Waals surface area (Å²) in [5, 5.41) is 7.14. The Morgan fingerprint density at radius 1 is 1.17 bits per heavy atom. The van der Waals surface area contributed by atoms with Gasteiger partial charge in [0.1, 0.15) is 0 Å². The molecule has 18 heavy (non-hydrogen) atoms. The zero-order chi connectivity index (χ0) is 13.3. The number of sulfonamides is 1. The molecule has 1 saturated heterocycles. The summed E-state index contributed by atoms with van der Waals surface area (Å²) in [4.78, 5) is 23.8. The van der Waals surface area contributed by atoms with Crippen LogP contribution in [0.15, 0.2) is 29.2 Å². The highest BCUT2D eigenvalue weighted by Gasteiger charge is 2.24. The van der Waals surface area contributed by atoms with E-state index in [1.165, 1.54) is 29.2 Å². The average molecular weight is 269 g/mol. The Morgan fingerprint density at radius 3 is 2.28 bits per heavy atom. The van der Waals surface area contributed by atoms with Gasteiger partial charge in [0, 0.05) is 18.7 Å². The van der Waals surface area contributed by atoms with Crippen LogP contribution in [-0.4, -0.2) is 26.9 Å². The number of carbonyl (C=O) groups is 2. The highest BCUT2D eigenvalue weighted by atomic mass is 32.2. The van der Waals surface area contributed by atoms with Crippen molar-refractivity contribution in [2.75, 3.05) is 11.4 Å². The number of primary sulfonamides is 1. The molecule has 0 aliphatic carbocycles. The maximum absolute atomic E-state index is 11.5. The second kappa shape index (κ2) is 4.39. The molecule has 0 saturated carbocycles. The van der Waals surface area contributed by atoms with Crippen molar-refractivity contribution in [3.05, 3.63) is 24.3 Å². The van der Waals surface area contributed by atoms with E-state index in [9.17, 15) is 18.0 Å². The van der Waals surface area contributed by atoms with Crippen LogP contribution in [0.5, 0.6) is 0 Å². The molecule has 0 radical (unpaired) electrons. The minimum atomic E-state index is -3.75. The molecule has 96 valence electrons. The van der Waals surface area contributed by atoms with Gasteiger partial charge in [0.05, 0.1) is 4.90 Å². The first-order valence-corrected chi connectivity index (χ1v) is 6.67. The van der Waals surface area contributed by atoms with Crippen LogP contribution in [0, 0.1) is 0 Å². The number of nitrogens with one attached hydrogen (secondary N) is 1. The molecule has 0 aromatic heterocycles. The number of urea groups is 1. The number of hydrogen-bond acceptors (Lipinski definition) is 4. The lowest BCUT2D eigenvalue weighted by molar-refractivity contribution is -0.120. The molecule has 3 amide bonds. The molecular formula is C10H11N3O4S. The van der Waals surface area contributed by atoms with E-state index in [0.717, 1.165) is 0 Å². The molecule has 1 heterocycles. The number of hydrogen-bond donors (Lipinski definition) is 2. The van der Waals surface area contributed by atoms with Gasteiger partial charge in [-0.1, -0.05) is 0 Å². The number of imide groups is 1. The van der Waals surface area contributed by atoms with Crippen LogP contribution in [0.1, 0.15) is 6.42 Å². The van der Waals surface area contributed by atoms with Crippen molar-refractivity contribution >= 4 is 27.6 Å². The molecule has 1 aliphatic rings. The molecule has 0 unspecified atom stereocenters. The van der Waals surface area contributed by atoms with Crippen LogP contribution in [0.4, 0.5) is 10.5 Å². The maximum atomic E-state index is 11.5. The van der Waals surface area contributed by atoms with Crippen LogP contribution in [0.25, 0.3) is 0 Å². The number of amides is 3. The highest BCUT2D eigenvalue weighted by Crippen LogP contribution is 2.19. The van der Waals surface area contributed by atoms with Crippen molar-refractivity contribution < 1.29 is 18.0 Å². The molecular weight excluding hydrogens is 258 g/mol. The number of anilines is 1. The van der Waals surface area contributed by atoms with E-state index in [4.69, 9.17) is 5.14 Å². The summed E-state index contributed by atoms with van der Waals surface area (Å²) in [6, 6.07) is 5.04. The number of nitrogens with two attached hydrogens (primary N) is 1. The highest BCUT2D eigenvalue weighted by molar-refractivity contribution is 7.89. The first-order valence-electron chi connectivity index (χ1n) is 5.12. The minimum Gasteiger partial charge on any atom is -0.294 e. The average Bonchev–Trinajstić information content (AvgIpc) is 2.28. The quantitative estimate of drug-likeness (QED) is 0.773. The summed E-state index contributed by atoms with van der Waals surface area (Å²) in [5.74, 6) is -0.322. The topological polar surface area (TPSA) is 110 Å². The Kier molecular flexibility index (Phi) is 3.05. The van der Waals surface area contributed by atoms with Crippen molar-refractivity contribution in [2.45, 2.75) is 11.3 Å². The smallest absolute Gasteiger partial charge is 0.294 e. The predicted molar refractivity (Wildman–Crippen MR) is 63.3 cm³/mol. The van der Waals surface area contributed by atoms with Crippen molar-refractivity contribution in [1.82, 2.24) is 5.32 Å². The molecule has 0 atom stereocenters. The van der Waals surface area contributed by atoms with Crippen molar-refractivity contribution in [2.24, 2.45) is 5.14 Å². The summed E-state index contributed by atoms with van der Waals surface area (Å²) in [6.07, 6.45) is 0.211. The Bertz CT molecular complexity index is 594. The molecule has 0 bridgehead atoms. The summed E-state index contributed by atoms with van der Waals surface area (Å²) >= 11 is 0. The van der Waals surface area contributed by atoms with Crippen LogP contribution in [-0.2, 0) is 14.8 Å². The maximum Gasteiger partial charge on any atom is 0.328 e. The molecule has 2 rings (SSSR count). The fourth-order valence-corrected chi connectivity index (χ4v) is 2.14. The van der Waals surface area contributed by atoms with Gasteiger partial charge in [-0.25, -0.2) is 18.4 Å². The van der Waals surface area contributed by atoms with Gasteiger partial charge >= 0.3 is 6.03 Å². The number of carbonyl (C=O) groups excluding carboxylic acids is 2. The van der Waals surface area contributed by atoms with Gasteiger partial charge in [0.25, 0.3) is 0 Å². The van der Waals surface area contributed by atoms with E-state index in [1.54, 1.807) is 0 Å². The largest absolute Gasteiger partial charge is 0.328 e. The van der Waals surface area contributed by atoms with Crippen LogP contribution in [0.3, 0.4) is 0 Å². The van der Waals surface area contributed by atoms with E-state index in [-0.39, 0.29) is 23.8 Å². The Morgan fingerprint density at radius 2 is 1.78 bits per heavy atom. The standard InChI is InChI=1S/C10H11N3O4S/c11-18(16,17)8-3-1-7(2-4-8)13-6-5-9(14)12-10(13)15/h1-4H,5-6H2,(H2,11,16,17)(H,12,14,15). The van der Waals surface area contributed by atoms with E-state index >= 15 is 0 Å².